The fourth-order valence-electron chi connectivity index (χ4n) is 3.28. The zero-order valence-electron chi connectivity index (χ0n) is 15.0. The first-order valence-electron chi connectivity index (χ1n) is 9.12. The molecule has 6 heteroatoms. The number of aromatic amines is 1. The summed E-state index contributed by atoms with van der Waals surface area (Å²) in [7, 11) is 0. The summed E-state index contributed by atoms with van der Waals surface area (Å²) in [5.41, 5.74) is 3.75. The van der Waals surface area contributed by atoms with Crippen molar-refractivity contribution in [2.24, 2.45) is 0 Å². The van der Waals surface area contributed by atoms with Crippen LogP contribution in [0.2, 0.25) is 5.02 Å². The second kappa shape index (κ2) is 8.13. The van der Waals surface area contributed by atoms with Crippen LogP contribution in [-0.2, 0) is 17.8 Å². The van der Waals surface area contributed by atoms with Gasteiger partial charge in [-0.05, 0) is 29.3 Å². The van der Waals surface area contributed by atoms with Gasteiger partial charge in [0.2, 0.25) is 0 Å². The van der Waals surface area contributed by atoms with Gasteiger partial charge in [-0.3, -0.25) is 9.69 Å². The Bertz CT molecular complexity index is 930. The Kier molecular flexibility index (Phi) is 5.43. The highest BCUT2D eigenvalue weighted by Crippen LogP contribution is 2.20. The molecule has 0 atom stereocenters. The van der Waals surface area contributed by atoms with Crippen molar-refractivity contribution in [1.82, 2.24) is 15.2 Å². The van der Waals surface area contributed by atoms with E-state index in [2.05, 4.69) is 39.5 Å². The number of benzene rings is 2. The first kappa shape index (κ1) is 18.0. The molecule has 0 unspecified atom stereocenters. The van der Waals surface area contributed by atoms with Crippen molar-refractivity contribution >= 4 is 28.4 Å². The molecule has 4 rings (SSSR count). The highest BCUT2D eigenvalue weighted by molar-refractivity contribution is 6.31. The molecule has 3 aromatic rings. The third kappa shape index (κ3) is 4.50. The molecule has 140 valence electrons. The summed E-state index contributed by atoms with van der Waals surface area (Å²) in [4.78, 5) is 17.9. The van der Waals surface area contributed by atoms with E-state index in [-0.39, 0.29) is 5.91 Å². The predicted molar refractivity (Wildman–Crippen MR) is 107 cm³/mol. The molecule has 5 nitrogen and oxygen atoms in total. The number of carbonyl (C=O) groups excluding carboxylic acids is 1. The Balaban J connectivity index is 1.34. The van der Waals surface area contributed by atoms with Gasteiger partial charge in [-0.2, -0.15) is 0 Å². The lowest BCUT2D eigenvalue weighted by Crippen LogP contribution is -2.35. The Labute approximate surface area is 163 Å². The molecule has 0 saturated carbocycles. The van der Waals surface area contributed by atoms with Gasteiger partial charge in [0.05, 0.1) is 13.2 Å². The highest BCUT2D eigenvalue weighted by Gasteiger charge is 2.11. The van der Waals surface area contributed by atoms with Crippen LogP contribution in [0.3, 0.4) is 0 Å². The molecule has 2 N–H and O–H groups in total. The minimum atomic E-state index is -0.125. The fraction of sp³-hybridized carbons (Fsp3) is 0.286. The van der Waals surface area contributed by atoms with E-state index in [0.717, 1.165) is 49.3 Å². The Morgan fingerprint density at radius 3 is 2.59 bits per heavy atom. The quantitative estimate of drug-likeness (QED) is 0.708. The van der Waals surface area contributed by atoms with Crippen molar-refractivity contribution in [2.75, 3.05) is 26.3 Å². The number of hydrogen-bond donors (Lipinski definition) is 2. The number of amides is 1. The molecule has 0 radical (unpaired) electrons. The summed E-state index contributed by atoms with van der Waals surface area (Å²) in [6.07, 6.45) is 0. The Hall–Kier alpha value is -2.34. The van der Waals surface area contributed by atoms with E-state index < -0.39 is 0 Å². The van der Waals surface area contributed by atoms with Crippen LogP contribution in [0.1, 0.15) is 21.6 Å². The maximum Gasteiger partial charge on any atom is 0.267 e. The molecule has 1 amide bonds. The number of halogens is 1. The van der Waals surface area contributed by atoms with Crippen LogP contribution >= 0.6 is 11.6 Å². The molecular weight excluding hydrogens is 362 g/mol. The molecule has 1 aliphatic heterocycles. The topological polar surface area (TPSA) is 57.4 Å². The second-order valence-electron chi connectivity index (χ2n) is 6.80. The molecule has 1 fully saturated rings. The smallest absolute Gasteiger partial charge is 0.267 e. The van der Waals surface area contributed by atoms with Gasteiger partial charge in [0, 0.05) is 42.1 Å². The number of hydrogen-bond acceptors (Lipinski definition) is 3. The number of aromatic nitrogens is 1. The number of carbonyl (C=O) groups is 1. The lowest BCUT2D eigenvalue weighted by molar-refractivity contribution is 0.0342. The summed E-state index contributed by atoms with van der Waals surface area (Å²) in [6, 6.07) is 15.8. The van der Waals surface area contributed by atoms with Crippen LogP contribution in [0.25, 0.3) is 10.9 Å². The minimum Gasteiger partial charge on any atom is -0.379 e. The van der Waals surface area contributed by atoms with E-state index in [1.54, 1.807) is 0 Å². The van der Waals surface area contributed by atoms with Gasteiger partial charge in [-0.15, -0.1) is 0 Å². The number of fused-ring (bicyclic) bond motifs is 1. The van der Waals surface area contributed by atoms with Gasteiger partial charge < -0.3 is 15.0 Å². The van der Waals surface area contributed by atoms with E-state index in [1.165, 1.54) is 5.56 Å². The zero-order chi connectivity index (χ0) is 18.6. The first-order chi connectivity index (χ1) is 13.2. The van der Waals surface area contributed by atoms with Crippen molar-refractivity contribution in [3.05, 3.63) is 70.4 Å². The average molecular weight is 384 g/mol. The summed E-state index contributed by atoms with van der Waals surface area (Å²) in [6.45, 7) is 5.01. The number of rotatable bonds is 5. The Morgan fingerprint density at radius 1 is 1.07 bits per heavy atom. The first-order valence-corrected chi connectivity index (χ1v) is 9.49. The number of morpholine rings is 1. The van der Waals surface area contributed by atoms with Crippen molar-refractivity contribution in [3.8, 4) is 0 Å². The van der Waals surface area contributed by atoms with E-state index in [1.807, 2.05) is 24.3 Å². The van der Waals surface area contributed by atoms with Crippen LogP contribution in [0.15, 0.2) is 48.5 Å². The van der Waals surface area contributed by atoms with Gasteiger partial charge in [-0.1, -0.05) is 41.9 Å². The zero-order valence-corrected chi connectivity index (χ0v) is 15.8. The van der Waals surface area contributed by atoms with Crippen molar-refractivity contribution < 1.29 is 9.53 Å². The van der Waals surface area contributed by atoms with Gasteiger partial charge in [-0.25, -0.2) is 0 Å². The van der Waals surface area contributed by atoms with E-state index in [0.29, 0.717) is 17.3 Å². The second-order valence-corrected chi connectivity index (χ2v) is 7.24. The minimum absolute atomic E-state index is 0.125. The molecule has 1 saturated heterocycles. The highest BCUT2D eigenvalue weighted by atomic mass is 35.5. The molecule has 1 aromatic heterocycles. The fourth-order valence-corrected chi connectivity index (χ4v) is 3.45. The number of nitrogens with zero attached hydrogens (tertiary/aromatic N) is 1. The number of H-pyrrole nitrogens is 1. The monoisotopic (exact) mass is 383 g/mol. The molecule has 0 spiro atoms. The molecule has 2 aromatic carbocycles. The lowest BCUT2D eigenvalue weighted by Gasteiger charge is -2.26. The van der Waals surface area contributed by atoms with Crippen molar-refractivity contribution in [1.29, 1.82) is 0 Å². The van der Waals surface area contributed by atoms with Crippen LogP contribution < -0.4 is 5.32 Å². The summed E-state index contributed by atoms with van der Waals surface area (Å²) in [5, 5.41) is 4.58. The molecule has 2 heterocycles. The maximum atomic E-state index is 12.4. The van der Waals surface area contributed by atoms with Crippen molar-refractivity contribution in [3.63, 3.8) is 0 Å². The number of ether oxygens (including phenoxy) is 1. The summed E-state index contributed by atoms with van der Waals surface area (Å²) >= 11 is 5.99. The average Bonchev–Trinajstić information content (AvgIpc) is 3.11. The lowest BCUT2D eigenvalue weighted by atomic mass is 10.1. The van der Waals surface area contributed by atoms with Crippen LogP contribution in [-0.4, -0.2) is 42.1 Å². The maximum absolute atomic E-state index is 12.4. The molecule has 27 heavy (non-hydrogen) atoms. The standard InChI is InChI=1S/C21H22ClN3O2/c22-18-6-5-17-11-20(24-19(17)12-18)21(26)23-13-15-1-3-16(4-2-15)14-25-7-9-27-10-8-25/h1-6,11-12,24H,7-10,13-14H2,(H,23,26). The van der Waals surface area contributed by atoms with E-state index in [9.17, 15) is 4.79 Å². The van der Waals surface area contributed by atoms with Crippen molar-refractivity contribution in [2.45, 2.75) is 13.1 Å². The van der Waals surface area contributed by atoms with E-state index in [4.69, 9.17) is 16.3 Å². The van der Waals surface area contributed by atoms with Gasteiger partial charge in [0.1, 0.15) is 5.69 Å². The normalized spacial score (nSPS) is 15.1. The summed E-state index contributed by atoms with van der Waals surface area (Å²) in [5.74, 6) is -0.125. The van der Waals surface area contributed by atoms with Crippen LogP contribution in [0, 0.1) is 0 Å². The molecule has 0 aliphatic carbocycles. The predicted octanol–water partition coefficient (Wildman–Crippen LogP) is 3.58. The third-order valence-electron chi connectivity index (χ3n) is 4.82. The van der Waals surface area contributed by atoms with Crippen LogP contribution in [0.4, 0.5) is 0 Å². The van der Waals surface area contributed by atoms with E-state index >= 15 is 0 Å². The molecular formula is C21H22ClN3O2. The van der Waals surface area contributed by atoms with Crippen LogP contribution in [0.5, 0.6) is 0 Å². The number of nitrogens with one attached hydrogen (secondary N) is 2. The molecule has 1 aliphatic rings. The van der Waals surface area contributed by atoms with Gasteiger partial charge >= 0.3 is 0 Å². The SMILES string of the molecule is O=C(NCc1ccc(CN2CCOCC2)cc1)c1cc2ccc(Cl)cc2[nH]1. The molecule has 0 bridgehead atoms. The Morgan fingerprint density at radius 2 is 1.81 bits per heavy atom. The van der Waals surface area contributed by atoms with Gasteiger partial charge in [0.25, 0.3) is 5.91 Å². The largest absolute Gasteiger partial charge is 0.379 e. The third-order valence-corrected chi connectivity index (χ3v) is 5.05. The van der Waals surface area contributed by atoms with Gasteiger partial charge in [0.15, 0.2) is 0 Å². The summed E-state index contributed by atoms with van der Waals surface area (Å²) < 4.78 is 5.38.